The van der Waals surface area contributed by atoms with Gasteiger partial charge >= 0.3 is 6.18 Å². The maximum Gasteiger partial charge on any atom is 0.417 e. The van der Waals surface area contributed by atoms with E-state index in [0.717, 1.165) is 6.07 Å². The molecule has 11 heteroatoms. The maximum absolute atomic E-state index is 12.6. The summed E-state index contributed by atoms with van der Waals surface area (Å²) in [5.41, 5.74) is -0.223. The van der Waals surface area contributed by atoms with E-state index >= 15 is 0 Å². The molecule has 0 bridgehead atoms. The molecule has 2 amide bonds. The van der Waals surface area contributed by atoms with E-state index in [4.69, 9.17) is 4.42 Å². The van der Waals surface area contributed by atoms with Crippen molar-refractivity contribution in [3.63, 3.8) is 0 Å². The predicted octanol–water partition coefficient (Wildman–Crippen LogP) is 2.35. The van der Waals surface area contributed by atoms with Crippen LogP contribution in [0.15, 0.2) is 47.3 Å². The minimum atomic E-state index is -4.48. The van der Waals surface area contributed by atoms with E-state index in [0.29, 0.717) is 11.9 Å². The van der Waals surface area contributed by atoms with Gasteiger partial charge in [-0.1, -0.05) is 0 Å². The van der Waals surface area contributed by atoms with Crippen LogP contribution < -0.4 is 10.6 Å². The molecule has 0 spiro atoms. The van der Waals surface area contributed by atoms with Crippen molar-refractivity contribution in [2.24, 2.45) is 0 Å². The number of nitrogens with zero attached hydrogens (tertiary/aromatic N) is 3. The largest absolute Gasteiger partial charge is 0.459 e. The van der Waals surface area contributed by atoms with E-state index in [1.165, 1.54) is 29.3 Å². The van der Waals surface area contributed by atoms with Gasteiger partial charge in [-0.3, -0.25) is 9.59 Å². The molecular formula is C18H16F3N5O3. The average molecular weight is 407 g/mol. The van der Waals surface area contributed by atoms with Gasteiger partial charge in [-0.15, -0.1) is 0 Å². The molecule has 8 nitrogen and oxygen atoms in total. The topological polar surface area (TPSA) is 102 Å². The number of rotatable bonds is 6. The Hall–Kier alpha value is -3.63. The van der Waals surface area contributed by atoms with E-state index in [-0.39, 0.29) is 30.2 Å². The van der Waals surface area contributed by atoms with Crippen molar-refractivity contribution in [1.29, 1.82) is 0 Å². The number of pyridine rings is 1. The lowest BCUT2D eigenvalue weighted by atomic mass is 10.2. The zero-order valence-corrected chi connectivity index (χ0v) is 15.2. The molecular weight excluding hydrogens is 391 g/mol. The highest BCUT2D eigenvalue weighted by Crippen LogP contribution is 2.28. The van der Waals surface area contributed by atoms with Crippen molar-refractivity contribution in [2.45, 2.75) is 13.1 Å². The number of aromatic nitrogens is 3. The van der Waals surface area contributed by atoms with Gasteiger partial charge in [0.15, 0.2) is 11.6 Å². The van der Waals surface area contributed by atoms with Crippen molar-refractivity contribution in [3.05, 3.63) is 65.5 Å². The van der Waals surface area contributed by atoms with Crippen LogP contribution in [-0.2, 0) is 6.18 Å². The van der Waals surface area contributed by atoms with Crippen LogP contribution in [0.4, 0.5) is 13.2 Å². The third-order valence-corrected chi connectivity index (χ3v) is 3.99. The quantitative estimate of drug-likeness (QED) is 0.611. The highest BCUT2D eigenvalue weighted by molar-refractivity contribution is 5.95. The fourth-order valence-electron chi connectivity index (χ4n) is 2.48. The molecule has 0 saturated carbocycles. The minimum absolute atomic E-state index is 0.153. The molecule has 0 atom stereocenters. The second-order valence-corrected chi connectivity index (χ2v) is 5.95. The molecule has 0 unspecified atom stereocenters. The summed E-state index contributed by atoms with van der Waals surface area (Å²) in [6, 6.07) is 5.17. The Labute approximate surface area is 162 Å². The molecule has 0 aliphatic rings. The second kappa shape index (κ2) is 8.17. The van der Waals surface area contributed by atoms with Crippen molar-refractivity contribution in [1.82, 2.24) is 25.4 Å². The molecule has 0 aliphatic heterocycles. The van der Waals surface area contributed by atoms with Crippen LogP contribution >= 0.6 is 0 Å². The Bertz CT molecular complexity index is 995. The first-order valence-corrected chi connectivity index (χ1v) is 8.45. The van der Waals surface area contributed by atoms with Crippen molar-refractivity contribution < 1.29 is 27.2 Å². The predicted molar refractivity (Wildman–Crippen MR) is 94.5 cm³/mol. The summed E-state index contributed by atoms with van der Waals surface area (Å²) in [5.74, 6) is -0.521. The lowest BCUT2D eigenvalue weighted by molar-refractivity contribution is -0.137. The van der Waals surface area contributed by atoms with Gasteiger partial charge < -0.3 is 15.1 Å². The monoisotopic (exact) mass is 407 g/mol. The number of nitrogens with one attached hydrogen (secondary N) is 2. The van der Waals surface area contributed by atoms with E-state index in [9.17, 15) is 22.8 Å². The van der Waals surface area contributed by atoms with Gasteiger partial charge in [0.1, 0.15) is 0 Å². The first kappa shape index (κ1) is 20.1. The Morgan fingerprint density at radius 2 is 1.83 bits per heavy atom. The summed E-state index contributed by atoms with van der Waals surface area (Å²) in [6.07, 6.45) is -1.10. The van der Waals surface area contributed by atoms with Gasteiger partial charge in [-0.05, 0) is 31.2 Å². The smallest absolute Gasteiger partial charge is 0.417 e. The fourth-order valence-corrected chi connectivity index (χ4v) is 2.48. The Kier molecular flexibility index (Phi) is 5.66. The molecule has 3 rings (SSSR count). The fraction of sp³-hybridized carbons (Fsp3) is 0.222. The third-order valence-electron chi connectivity index (χ3n) is 3.99. The lowest BCUT2D eigenvalue weighted by Crippen LogP contribution is -2.34. The van der Waals surface area contributed by atoms with Crippen LogP contribution in [0.1, 0.15) is 32.2 Å². The first-order chi connectivity index (χ1) is 13.8. The summed E-state index contributed by atoms with van der Waals surface area (Å²) < 4.78 is 44.1. The van der Waals surface area contributed by atoms with Gasteiger partial charge in [-0.2, -0.15) is 18.3 Å². The van der Waals surface area contributed by atoms with Crippen LogP contribution in [0.2, 0.25) is 0 Å². The van der Waals surface area contributed by atoms with Gasteiger partial charge in [0.2, 0.25) is 0 Å². The molecule has 0 fully saturated rings. The first-order valence-electron chi connectivity index (χ1n) is 8.45. The van der Waals surface area contributed by atoms with Crippen LogP contribution in [-0.4, -0.2) is 39.7 Å². The average Bonchev–Trinajstić information content (AvgIpc) is 3.34. The molecule has 0 saturated heterocycles. The number of carbonyl (C=O) groups excluding carboxylic acids is 2. The number of halogens is 3. The molecule has 0 aliphatic carbocycles. The van der Waals surface area contributed by atoms with Crippen molar-refractivity contribution in [2.75, 3.05) is 13.1 Å². The zero-order chi connectivity index (χ0) is 21.0. The minimum Gasteiger partial charge on any atom is -0.459 e. The standard InChI is InChI=1S/C18H16F3N5O3/c1-11-13(16(27)22-6-7-23-17(28)14-3-2-8-29-14)10-25-26(11)15-5-4-12(9-24-15)18(19,20)21/h2-5,8-10H,6-7H2,1H3,(H,22,27)(H,23,28). The third kappa shape index (κ3) is 4.62. The second-order valence-electron chi connectivity index (χ2n) is 5.95. The lowest BCUT2D eigenvalue weighted by Gasteiger charge is -2.08. The van der Waals surface area contributed by atoms with Crippen molar-refractivity contribution >= 4 is 11.8 Å². The van der Waals surface area contributed by atoms with Crippen LogP contribution in [0.3, 0.4) is 0 Å². The number of furan rings is 1. The summed E-state index contributed by atoms with van der Waals surface area (Å²) >= 11 is 0. The molecule has 0 radical (unpaired) electrons. The molecule has 152 valence electrons. The number of alkyl halides is 3. The van der Waals surface area contributed by atoms with E-state index < -0.39 is 23.6 Å². The van der Waals surface area contributed by atoms with Gasteiger partial charge in [0.25, 0.3) is 11.8 Å². The molecule has 2 N–H and O–H groups in total. The normalized spacial score (nSPS) is 11.3. The number of amides is 2. The van der Waals surface area contributed by atoms with Crippen LogP contribution in [0.25, 0.3) is 5.82 Å². The maximum atomic E-state index is 12.6. The summed E-state index contributed by atoms with van der Waals surface area (Å²) in [4.78, 5) is 27.8. The Morgan fingerprint density at radius 3 is 2.41 bits per heavy atom. The highest BCUT2D eigenvalue weighted by atomic mass is 19.4. The number of hydrogen-bond acceptors (Lipinski definition) is 5. The Morgan fingerprint density at radius 1 is 1.10 bits per heavy atom. The summed E-state index contributed by atoms with van der Waals surface area (Å²) in [6.45, 7) is 1.94. The molecule has 3 aromatic rings. The summed E-state index contributed by atoms with van der Waals surface area (Å²) in [5, 5.41) is 9.23. The summed E-state index contributed by atoms with van der Waals surface area (Å²) in [7, 11) is 0. The Balaban J connectivity index is 1.58. The zero-order valence-electron chi connectivity index (χ0n) is 15.2. The van der Waals surface area contributed by atoms with Crippen LogP contribution in [0.5, 0.6) is 0 Å². The molecule has 0 aromatic carbocycles. The van der Waals surface area contributed by atoms with E-state index in [1.807, 2.05) is 0 Å². The molecule has 29 heavy (non-hydrogen) atoms. The number of carbonyl (C=O) groups is 2. The van der Waals surface area contributed by atoms with Crippen LogP contribution in [0, 0.1) is 6.92 Å². The van der Waals surface area contributed by atoms with Gasteiger partial charge in [0.05, 0.1) is 29.3 Å². The molecule has 3 aromatic heterocycles. The number of hydrogen-bond donors (Lipinski definition) is 2. The van der Waals surface area contributed by atoms with Gasteiger partial charge in [0, 0.05) is 19.3 Å². The van der Waals surface area contributed by atoms with Gasteiger partial charge in [-0.25, -0.2) is 9.67 Å². The van der Waals surface area contributed by atoms with Crippen molar-refractivity contribution in [3.8, 4) is 5.82 Å². The van der Waals surface area contributed by atoms with E-state index in [1.54, 1.807) is 13.0 Å². The van der Waals surface area contributed by atoms with E-state index in [2.05, 4.69) is 20.7 Å². The molecule has 3 heterocycles. The highest BCUT2D eigenvalue weighted by Gasteiger charge is 2.30. The SMILES string of the molecule is Cc1c(C(=O)NCCNC(=O)c2ccco2)cnn1-c1ccc(C(F)(F)F)cn1.